The molecule has 0 bridgehead atoms. The van der Waals surface area contributed by atoms with E-state index < -0.39 is 17.2 Å². The minimum atomic E-state index is -0.898. The minimum Gasteiger partial charge on any atom is -0.205 e. The maximum absolute atomic E-state index is 13.7. The molecule has 3 aromatic carbocycles. The fourth-order valence-corrected chi connectivity index (χ4v) is 3.09. The minimum absolute atomic E-state index is 0.196. The van der Waals surface area contributed by atoms with Crippen molar-refractivity contribution in [3.05, 3.63) is 94.6 Å². The number of hydrogen-bond donors (Lipinski definition) is 0. The van der Waals surface area contributed by atoms with E-state index in [0.717, 1.165) is 35.2 Å². The van der Waals surface area contributed by atoms with Gasteiger partial charge in [0.2, 0.25) is 0 Å². The maximum Gasteiger partial charge on any atom is 0.145 e. The SMILES string of the molecule is CCCCCc1ccc(-c2ccc(C#Cc3cc(F)c(C#N)c(F)c3)cc2)cc1. The van der Waals surface area contributed by atoms with E-state index in [0.29, 0.717) is 0 Å². The van der Waals surface area contributed by atoms with E-state index in [2.05, 4.69) is 43.0 Å². The largest absolute Gasteiger partial charge is 0.205 e. The van der Waals surface area contributed by atoms with Crippen molar-refractivity contribution in [1.29, 1.82) is 5.26 Å². The zero-order valence-electron chi connectivity index (χ0n) is 16.3. The van der Waals surface area contributed by atoms with E-state index in [1.54, 1.807) is 0 Å². The van der Waals surface area contributed by atoms with Gasteiger partial charge in [-0.25, -0.2) is 8.78 Å². The molecule has 0 radical (unpaired) electrons. The molecule has 0 aliphatic carbocycles. The number of rotatable bonds is 5. The second kappa shape index (κ2) is 9.67. The number of halogens is 2. The van der Waals surface area contributed by atoms with E-state index in [9.17, 15) is 8.78 Å². The van der Waals surface area contributed by atoms with Gasteiger partial charge in [-0.15, -0.1) is 0 Å². The van der Waals surface area contributed by atoms with Crippen molar-refractivity contribution in [2.75, 3.05) is 0 Å². The van der Waals surface area contributed by atoms with Gasteiger partial charge < -0.3 is 0 Å². The second-order valence-electron chi connectivity index (χ2n) is 6.91. The molecule has 3 heteroatoms. The highest BCUT2D eigenvalue weighted by Gasteiger charge is 2.09. The van der Waals surface area contributed by atoms with Gasteiger partial charge in [0.15, 0.2) is 0 Å². The van der Waals surface area contributed by atoms with E-state index in [-0.39, 0.29) is 5.56 Å². The highest BCUT2D eigenvalue weighted by molar-refractivity contribution is 5.64. The van der Waals surface area contributed by atoms with Crippen molar-refractivity contribution >= 4 is 0 Å². The van der Waals surface area contributed by atoms with E-state index in [4.69, 9.17) is 5.26 Å². The van der Waals surface area contributed by atoms with Gasteiger partial charge in [-0.1, -0.05) is 68.0 Å². The molecule has 0 aliphatic heterocycles. The molecular formula is C26H21F2N. The van der Waals surface area contributed by atoms with Crippen LogP contribution in [0, 0.1) is 34.8 Å². The normalized spacial score (nSPS) is 10.1. The summed E-state index contributed by atoms with van der Waals surface area (Å²) in [6.07, 6.45) is 4.81. The van der Waals surface area contributed by atoms with Gasteiger partial charge in [0.25, 0.3) is 0 Å². The molecule has 0 spiro atoms. The average Bonchev–Trinajstić information content (AvgIpc) is 2.73. The number of unbranched alkanes of at least 4 members (excludes halogenated alkanes) is 2. The quantitative estimate of drug-likeness (QED) is 0.357. The predicted molar refractivity (Wildman–Crippen MR) is 112 cm³/mol. The summed E-state index contributed by atoms with van der Waals surface area (Å²) >= 11 is 0. The highest BCUT2D eigenvalue weighted by Crippen LogP contribution is 2.21. The molecule has 0 unspecified atom stereocenters. The smallest absolute Gasteiger partial charge is 0.145 e. The lowest BCUT2D eigenvalue weighted by molar-refractivity contribution is 0.576. The van der Waals surface area contributed by atoms with Crippen LogP contribution in [0.25, 0.3) is 11.1 Å². The van der Waals surface area contributed by atoms with Gasteiger partial charge in [-0.05, 0) is 53.8 Å². The molecule has 0 fully saturated rings. The third-order valence-corrected chi connectivity index (χ3v) is 4.75. The second-order valence-corrected chi connectivity index (χ2v) is 6.91. The fourth-order valence-electron chi connectivity index (χ4n) is 3.09. The summed E-state index contributed by atoms with van der Waals surface area (Å²) in [6.45, 7) is 2.21. The molecule has 3 aromatic rings. The highest BCUT2D eigenvalue weighted by atomic mass is 19.1. The number of benzene rings is 3. The zero-order valence-corrected chi connectivity index (χ0v) is 16.3. The summed E-state index contributed by atoms with van der Waals surface area (Å²) in [4.78, 5) is 0. The Morgan fingerprint density at radius 1 is 0.759 bits per heavy atom. The Balaban J connectivity index is 1.72. The van der Waals surface area contributed by atoms with Gasteiger partial charge in [0, 0.05) is 11.1 Å². The van der Waals surface area contributed by atoms with Gasteiger partial charge in [0.1, 0.15) is 23.3 Å². The molecule has 0 saturated carbocycles. The topological polar surface area (TPSA) is 23.8 Å². The Bertz CT molecular complexity index is 1060. The van der Waals surface area contributed by atoms with Crippen molar-refractivity contribution in [2.45, 2.75) is 32.6 Å². The van der Waals surface area contributed by atoms with Crippen LogP contribution in [0.3, 0.4) is 0 Å². The van der Waals surface area contributed by atoms with Crippen LogP contribution >= 0.6 is 0 Å². The zero-order chi connectivity index (χ0) is 20.6. The van der Waals surface area contributed by atoms with E-state index in [1.165, 1.54) is 30.9 Å². The molecule has 0 N–H and O–H groups in total. The summed E-state index contributed by atoms with van der Waals surface area (Å²) in [5.41, 5.74) is 3.94. The lowest BCUT2D eigenvalue weighted by Gasteiger charge is -2.05. The molecule has 0 atom stereocenters. The molecule has 0 saturated heterocycles. The lowest BCUT2D eigenvalue weighted by Crippen LogP contribution is -1.91. The number of nitrogens with zero attached hydrogens (tertiary/aromatic N) is 1. The van der Waals surface area contributed by atoms with Crippen LogP contribution in [0.2, 0.25) is 0 Å². The molecule has 0 aliphatic rings. The summed E-state index contributed by atoms with van der Waals surface area (Å²) < 4.78 is 27.3. The van der Waals surface area contributed by atoms with Crippen molar-refractivity contribution in [1.82, 2.24) is 0 Å². The Morgan fingerprint density at radius 3 is 1.86 bits per heavy atom. The van der Waals surface area contributed by atoms with Gasteiger partial charge >= 0.3 is 0 Å². The lowest BCUT2D eigenvalue weighted by atomic mass is 10.0. The fraction of sp³-hybridized carbons (Fsp3) is 0.192. The Morgan fingerprint density at radius 2 is 1.31 bits per heavy atom. The van der Waals surface area contributed by atoms with Crippen LogP contribution in [-0.4, -0.2) is 0 Å². The molecule has 1 nitrogen and oxygen atoms in total. The third kappa shape index (κ3) is 5.31. The maximum atomic E-state index is 13.7. The Labute approximate surface area is 170 Å². The van der Waals surface area contributed by atoms with E-state index >= 15 is 0 Å². The van der Waals surface area contributed by atoms with Crippen LogP contribution < -0.4 is 0 Å². The first-order valence-corrected chi connectivity index (χ1v) is 9.71. The Kier molecular flexibility index (Phi) is 6.77. The van der Waals surface area contributed by atoms with Crippen LogP contribution in [0.15, 0.2) is 60.7 Å². The van der Waals surface area contributed by atoms with Crippen LogP contribution in [0.4, 0.5) is 8.78 Å². The average molecular weight is 385 g/mol. The van der Waals surface area contributed by atoms with Gasteiger partial charge in [-0.3, -0.25) is 0 Å². The summed E-state index contributed by atoms with van der Waals surface area (Å²) in [7, 11) is 0. The first-order chi connectivity index (χ1) is 14.1. The van der Waals surface area contributed by atoms with Crippen molar-refractivity contribution in [3.8, 4) is 29.0 Å². The first-order valence-electron chi connectivity index (χ1n) is 9.71. The molecule has 0 amide bonds. The number of hydrogen-bond acceptors (Lipinski definition) is 1. The number of nitriles is 1. The summed E-state index contributed by atoms with van der Waals surface area (Å²) in [5, 5.41) is 8.72. The number of aryl methyl sites for hydroxylation is 1. The van der Waals surface area contributed by atoms with Gasteiger partial charge in [-0.2, -0.15) is 5.26 Å². The van der Waals surface area contributed by atoms with Crippen molar-refractivity contribution in [2.24, 2.45) is 0 Å². The third-order valence-electron chi connectivity index (χ3n) is 4.75. The molecule has 0 heterocycles. The molecule has 0 aromatic heterocycles. The van der Waals surface area contributed by atoms with Crippen molar-refractivity contribution in [3.63, 3.8) is 0 Å². The summed E-state index contributed by atoms with van der Waals surface area (Å²) in [6, 6.07) is 20.0. The Hall–Kier alpha value is -3.43. The van der Waals surface area contributed by atoms with E-state index in [1.807, 2.05) is 24.3 Å². The molecule has 3 rings (SSSR count). The van der Waals surface area contributed by atoms with Crippen LogP contribution in [0.1, 0.15) is 48.4 Å². The molecule has 144 valence electrons. The summed E-state index contributed by atoms with van der Waals surface area (Å²) in [5.74, 6) is 3.85. The van der Waals surface area contributed by atoms with Crippen LogP contribution in [-0.2, 0) is 6.42 Å². The van der Waals surface area contributed by atoms with Crippen LogP contribution in [0.5, 0.6) is 0 Å². The van der Waals surface area contributed by atoms with Gasteiger partial charge in [0.05, 0.1) is 0 Å². The molecular weight excluding hydrogens is 364 g/mol. The predicted octanol–water partition coefficient (Wildman–Crippen LogP) is 6.64. The van der Waals surface area contributed by atoms with Crippen molar-refractivity contribution < 1.29 is 8.78 Å². The monoisotopic (exact) mass is 385 g/mol. The molecule has 29 heavy (non-hydrogen) atoms. The first kappa shape index (κ1) is 20.3. The standard InChI is InChI=1S/C26H21F2N/c1-2-3-4-5-19-8-12-22(13-9-19)23-14-10-20(11-15-23)6-7-21-16-25(27)24(18-29)26(28)17-21/h8-17H,2-5H2,1H3.